The molecule has 2 aromatic carbocycles. The number of benzene rings is 2. The lowest BCUT2D eigenvalue weighted by Gasteiger charge is -2.27. The summed E-state index contributed by atoms with van der Waals surface area (Å²) in [5.74, 6) is 0. The summed E-state index contributed by atoms with van der Waals surface area (Å²) in [5.41, 5.74) is -0.606. The van der Waals surface area contributed by atoms with Crippen molar-refractivity contribution >= 4 is 0 Å². The van der Waals surface area contributed by atoms with Crippen LogP contribution >= 0.6 is 0 Å². The first-order valence-electron chi connectivity index (χ1n) is 6.18. The van der Waals surface area contributed by atoms with Crippen LogP contribution in [-0.4, -0.2) is 17.1 Å². The van der Waals surface area contributed by atoms with Gasteiger partial charge in [0.25, 0.3) is 6.43 Å². The third-order valence-electron chi connectivity index (χ3n) is 3.11. The van der Waals surface area contributed by atoms with E-state index in [1.807, 2.05) is 12.1 Å². The van der Waals surface area contributed by atoms with Crippen molar-refractivity contribution in [2.24, 2.45) is 0 Å². The summed E-state index contributed by atoms with van der Waals surface area (Å²) in [5, 5.41) is 10.2. The highest BCUT2D eigenvalue weighted by Gasteiger charge is 2.37. The minimum atomic E-state index is -2.78. The van der Waals surface area contributed by atoms with E-state index >= 15 is 0 Å². The molecule has 0 heterocycles. The first-order chi connectivity index (χ1) is 9.10. The molecule has 0 aliphatic carbocycles. The van der Waals surface area contributed by atoms with Crippen molar-refractivity contribution in [2.45, 2.75) is 24.9 Å². The van der Waals surface area contributed by atoms with E-state index in [4.69, 9.17) is 0 Å². The zero-order chi connectivity index (χ0) is 13.7. The summed E-state index contributed by atoms with van der Waals surface area (Å²) in [6.45, 7) is 0. The number of alkyl halides is 2. The number of hydrogen-bond donors (Lipinski definition) is 1. The predicted molar refractivity (Wildman–Crippen MR) is 71.2 cm³/mol. The second kappa shape index (κ2) is 5.93. The Hall–Kier alpha value is -1.74. The molecule has 19 heavy (non-hydrogen) atoms. The van der Waals surface area contributed by atoms with Crippen LogP contribution in [0.3, 0.4) is 0 Å². The maximum Gasteiger partial charge on any atom is 0.267 e. The molecule has 0 aliphatic rings. The zero-order valence-electron chi connectivity index (χ0n) is 10.5. The summed E-state index contributed by atoms with van der Waals surface area (Å²) in [4.78, 5) is 0. The molecule has 0 saturated heterocycles. The van der Waals surface area contributed by atoms with Gasteiger partial charge in [-0.15, -0.1) is 0 Å². The molecule has 0 atom stereocenters. The van der Waals surface area contributed by atoms with Crippen LogP contribution in [0.15, 0.2) is 60.7 Å². The molecule has 0 bridgehead atoms. The quantitative estimate of drug-likeness (QED) is 0.874. The fraction of sp³-hybridized carbons (Fsp3) is 0.250. The molecule has 0 saturated carbocycles. The lowest BCUT2D eigenvalue weighted by molar-refractivity contribution is -0.0948. The fourth-order valence-electron chi connectivity index (χ4n) is 2.12. The van der Waals surface area contributed by atoms with E-state index in [1.165, 1.54) is 0 Å². The van der Waals surface area contributed by atoms with Crippen molar-refractivity contribution < 1.29 is 13.9 Å². The first kappa shape index (κ1) is 13.7. The summed E-state index contributed by atoms with van der Waals surface area (Å²) in [6.07, 6.45) is -2.89. The SMILES string of the molecule is OC(Cc1ccccc1)(Cc1ccccc1)C(F)F. The van der Waals surface area contributed by atoms with Gasteiger partial charge in [-0.05, 0) is 11.1 Å². The third-order valence-corrected chi connectivity index (χ3v) is 3.11. The van der Waals surface area contributed by atoms with Crippen LogP contribution in [0.1, 0.15) is 11.1 Å². The van der Waals surface area contributed by atoms with Gasteiger partial charge in [0.15, 0.2) is 0 Å². The highest BCUT2D eigenvalue weighted by Crippen LogP contribution is 2.25. The van der Waals surface area contributed by atoms with Gasteiger partial charge < -0.3 is 5.11 Å². The lowest BCUT2D eigenvalue weighted by atomic mass is 9.88. The van der Waals surface area contributed by atoms with E-state index in [0.717, 1.165) is 0 Å². The molecular weight excluding hydrogens is 246 g/mol. The van der Waals surface area contributed by atoms with Gasteiger partial charge in [0.2, 0.25) is 0 Å². The Bertz CT molecular complexity index is 455. The molecule has 0 unspecified atom stereocenters. The van der Waals surface area contributed by atoms with Crippen LogP contribution in [0.2, 0.25) is 0 Å². The van der Waals surface area contributed by atoms with E-state index in [9.17, 15) is 13.9 Å². The van der Waals surface area contributed by atoms with Crippen molar-refractivity contribution in [3.05, 3.63) is 71.8 Å². The van der Waals surface area contributed by atoms with E-state index in [0.29, 0.717) is 11.1 Å². The van der Waals surface area contributed by atoms with Gasteiger partial charge in [-0.2, -0.15) is 0 Å². The minimum absolute atomic E-state index is 0.0552. The molecule has 3 heteroatoms. The molecule has 0 radical (unpaired) electrons. The number of aliphatic hydroxyl groups is 1. The van der Waals surface area contributed by atoms with Crippen molar-refractivity contribution in [3.8, 4) is 0 Å². The van der Waals surface area contributed by atoms with Crippen molar-refractivity contribution in [1.29, 1.82) is 0 Å². The van der Waals surface area contributed by atoms with Gasteiger partial charge in [-0.1, -0.05) is 60.7 Å². The van der Waals surface area contributed by atoms with Crippen molar-refractivity contribution in [2.75, 3.05) is 0 Å². The molecule has 0 spiro atoms. The molecule has 0 amide bonds. The Morgan fingerprint density at radius 2 is 1.16 bits per heavy atom. The average molecular weight is 262 g/mol. The Kier molecular flexibility index (Phi) is 4.27. The van der Waals surface area contributed by atoms with Gasteiger partial charge in [0, 0.05) is 12.8 Å². The Balaban J connectivity index is 2.18. The molecule has 0 fully saturated rings. The summed E-state index contributed by atoms with van der Waals surface area (Å²) >= 11 is 0. The van der Waals surface area contributed by atoms with E-state index in [-0.39, 0.29) is 12.8 Å². The van der Waals surface area contributed by atoms with Crippen LogP contribution in [0, 0.1) is 0 Å². The second-order valence-electron chi connectivity index (χ2n) is 4.73. The fourth-order valence-corrected chi connectivity index (χ4v) is 2.12. The Morgan fingerprint density at radius 1 is 0.789 bits per heavy atom. The van der Waals surface area contributed by atoms with E-state index in [1.54, 1.807) is 48.5 Å². The van der Waals surface area contributed by atoms with Crippen LogP contribution in [-0.2, 0) is 12.8 Å². The molecule has 0 aromatic heterocycles. The number of hydrogen-bond acceptors (Lipinski definition) is 1. The minimum Gasteiger partial charge on any atom is -0.383 e. The van der Waals surface area contributed by atoms with E-state index < -0.39 is 12.0 Å². The lowest BCUT2D eigenvalue weighted by Crippen LogP contribution is -2.42. The maximum absolute atomic E-state index is 13.2. The highest BCUT2D eigenvalue weighted by molar-refractivity contribution is 5.22. The number of halogens is 2. The van der Waals surface area contributed by atoms with Crippen LogP contribution in [0.5, 0.6) is 0 Å². The van der Waals surface area contributed by atoms with Gasteiger partial charge >= 0.3 is 0 Å². The molecule has 0 aliphatic heterocycles. The Morgan fingerprint density at radius 3 is 1.47 bits per heavy atom. The molecule has 100 valence electrons. The van der Waals surface area contributed by atoms with Crippen LogP contribution in [0.25, 0.3) is 0 Å². The summed E-state index contributed by atoms with van der Waals surface area (Å²) < 4.78 is 26.4. The predicted octanol–water partition coefficient (Wildman–Crippen LogP) is 3.47. The maximum atomic E-state index is 13.2. The normalized spacial score (nSPS) is 11.8. The highest BCUT2D eigenvalue weighted by atomic mass is 19.3. The smallest absolute Gasteiger partial charge is 0.267 e. The van der Waals surface area contributed by atoms with Crippen molar-refractivity contribution in [3.63, 3.8) is 0 Å². The number of rotatable bonds is 5. The van der Waals surface area contributed by atoms with Crippen LogP contribution in [0.4, 0.5) is 8.78 Å². The molecular formula is C16H16F2O. The van der Waals surface area contributed by atoms with E-state index in [2.05, 4.69) is 0 Å². The summed E-state index contributed by atoms with van der Waals surface area (Å²) in [6, 6.07) is 17.8. The van der Waals surface area contributed by atoms with Gasteiger partial charge in [0.05, 0.1) is 0 Å². The van der Waals surface area contributed by atoms with Gasteiger partial charge in [-0.25, -0.2) is 8.78 Å². The molecule has 1 nitrogen and oxygen atoms in total. The molecule has 1 N–H and O–H groups in total. The second-order valence-corrected chi connectivity index (χ2v) is 4.73. The largest absolute Gasteiger partial charge is 0.383 e. The molecule has 2 rings (SSSR count). The van der Waals surface area contributed by atoms with Gasteiger partial charge in [-0.3, -0.25) is 0 Å². The Labute approximate surface area is 111 Å². The zero-order valence-corrected chi connectivity index (χ0v) is 10.5. The van der Waals surface area contributed by atoms with Crippen molar-refractivity contribution in [1.82, 2.24) is 0 Å². The summed E-state index contributed by atoms with van der Waals surface area (Å²) in [7, 11) is 0. The standard InChI is InChI=1S/C16H16F2O/c17-15(18)16(19,11-13-7-3-1-4-8-13)12-14-9-5-2-6-10-14/h1-10,15,19H,11-12H2. The topological polar surface area (TPSA) is 20.2 Å². The average Bonchev–Trinajstić information content (AvgIpc) is 2.40. The van der Waals surface area contributed by atoms with Gasteiger partial charge in [0.1, 0.15) is 5.60 Å². The monoisotopic (exact) mass is 262 g/mol. The first-order valence-corrected chi connectivity index (χ1v) is 6.18. The molecule has 2 aromatic rings. The van der Waals surface area contributed by atoms with Crippen LogP contribution < -0.4 is 0 Å². The third kappa shape index (κ3) is 3.61.